The summed E-state index contributed by atoms with van der Waals surface area (Å²) in [5, 5.41) is 1.13. The highest BCUT2D eigenvalue weighted by atomic mass is 35.5. The second-order valence-corrected chi connectivity index (χ2v) is 5.89. The number of nitrogens with two attached hydrogens (primary N) is 1. The molecule has 1 heterocycles. The van der Waals surface area contributed by atoms with Gasteiger partial charge < -0.3 is 10.6 Å². The van der Waals surface area contributed by atoms with Crippen molar-refractivity contribution in [1.82, 2.24) is 4.90 Å². The monoisotopic (exact) mass is 300 g/mol. The summed E-state index contributed by atoms with van der Waals surface area (Å²) in [5.74, 6) is 0.693. The highest BCUT2D eigenvalue weighted by Gasteiger charge is 2.21. The van der Waals surface area contributed by atoms with Crippen LogP contribution in [0.15, 0.2) is 18.2 Å². The van der Waals surface area contributed by atoms with Gasteiger partial charge in [-0.3, -0.25) is 4.79 Å². The molecule has 1 aliphatic heterocycles. The quantitative estimate of drug-likeness (QED) is 0.933. The third-order valence-corrected chi connectivity index (χ3v) is 4.01. The lowest BCUT2D eigenvalue weighted by Crippen LogP contribution is -2.40. The van der Waals surface area contributed by atoms with Crippen LogP contribution in [0, 0.1) is 5.92 Å². The number of nitrogens with zero attached hydrogens (tertiary/aromatic N) is 1. The van der Waals surface area contributed by atoms with Gasteiger partial charge in [0.05, 0.1) is 6.42 Å². The minimum Gasteiger partial charge on any atom is -0.342 e. The lowest BCUT2D eigenvalue weighted by atomic mass is 9.96. The van der Waals surface area contributed by atoms with E-state index in [1.54, 1.807) is 18.2 Å². The number of amides is 1. The van der Waals surface area contributed by atoms with Gasteiger partial charge in [0.15, 0.2) is 0 Å². The van der Waals surface area contributed by atoms with Crippen molar-refractivity contribution < 1.29 is 4.79 Å². The van der Waals surface area contributed by atoms with Crippen LogP contribution < -0.4 is 5.73 Å². The molecule has 0 aromatic heterocycles. The SMILES string of the molecule is NCC1CCN(C(=O)Cc2cc(Cl)cc(Cl)c2)CC1. The van der Waals surface area contributed by atoms with E-state index in [2.05, 4.69) is 0 Å². The van der Waals surface area contributed by atoms with E-state index in [0.29, 0.717) is 28.9 Å². The van der Waals surface area contributed by atoms with E-state index in [-0.39, 0.29) is 5.91 Å². The fraction of sp³-hybridized carbons (Fsp3) is 0.500. The largest absolute Gasteiger partial charge is 0.342 e. The number of benzene rings is 1. The molecule has 5 heteroatoms. The van der Waals surface area contributed by atoms with Crippen LogP contribution in [0.5, 0.6) is 0 Å². The van der Waals surface area contributed by atoms with Crippen molar-refractivity contribution in [3.63, 3.8) is 0 Å². The Balaban J connectivity index is 1.94. The first-order valence-corrected chi connectivity index (χ1v) is 7.27. The standard InChI is InChI=1S/C14H18Cl2N2O/c15-12-5-11(6-13(16)8-12)7-14(19)18-3-1-10(9-17)2-4-18/h5-6,8,10H,1-4,7,9,17H2. The predicted octanol–water partition coefficient (Wildman–Crippen LogP) is 2.73. The van der Waals surface area contributed by atoms with Crippen LogP contribution in [0.1, 0.15) is 18.4 Å². The van der Waals surface area contributed by atoms with E-state index in [4.69, 9.17) is 28.9 Å². The molecule has 1 amide bonds. The van der Waals surface area contributed by atoms with E-state index in [1.807, 2.05) is 4.90 Å². The average molecular weight is 301 g/mol. The maximum absolute atomic E-state index is 12.2. The van der Waals surface area contributed by atoms with E-state index in [1.165, 1.54) is 0 Å². The van der Waals surface area contributed by atoms with Crippen LogP contribution in [0.3, 0.4) is 0 Å². The number of rotatable bonds is 3. The van der Waals surface area contributed by atoms with E-state index >= 15 is 0 Å². The summed E-state index contributed by atoms with van der Waals surface area (Å²) in [5.41, 5.74) is 6.51. The number of hydrogen-bond acceptors (Lipinski definition) is 2. The molecule has 1 saturated heterocycles. The van der Waals surface area contributed by atoms with Crippen LogP contribution in [0.2, 0.25) is 10.0 Å². The minimum atomic E-state index is 0.133. The fourth-order valence-corrected chi connectivity index (χ4v) is 2.99. The zero-order chi connectivity index (χ0) is 13.8. The Labute approximate surface area is 123 Å². The molecule has 0 atom stereocenters. The molecule has 104 valence electrons. The Morgan fingerprint density at radius 2 is 1.79 bits per heavy atom. The smallest absolute Gasteiger partial charge is 0.226 e. The highest BCUT2D eigenvalue weighted by molar-refractivity contribution is 6.34. The van der Waals surface area contributed by atoms with Crippen molar-refractivity contribution in [3.05, 3.63) is 33.8 Å². The average Bonchev–Trinajstić information content (AvgIpc) is 2.37. The first-order valence-electron chi connectivity index (χ1n) is 6.51. The van der Waals surface area contributed by atoms with Crippen LogP contribution in [0.4, 0.5) is 0 Å². The van der Waals surface area contributed by atoms with Crippen LogP contribution in [-0.2, 0) is 11.2 Å². The van der Waals surface area contributed by atoms with Gasteiger partial charge in [-0.05, 0) is 49.1 Å². The molecular weight excluding hydrogens is 283 g/mol. The number of piperidine rings is 1. The lowest BCUT2D eigenvalue weighted by molar-refractivity contribution is -0.131. The Kier molecular flexibility index (Phi) is 5.08. The molecule has 3 nitrogen and oxygen atoms in total. The summed E-state index contributed by atoms with van der Waals surface area (Å²) in [4.78, 5) is 14.1. The Bertz CT molecular complexity index is 437. The van der Waals surface area contributed by atoms with Gasteiger partial charge in [-0.25, -0.2) is 0 Å². The Morgan fingerprint density at radius 3 is 2.32 bits per heavy atom. The van der Waals surface area contributed by atoms with Gasteiger partial charge in [0.2, 0.25) is 5.91 Å². The first kappa shape index (κ1) is 14.6. The van der Waals surface area contributed by atoms with Crippen molar-refractivity contribution in [1.29, 1.82) is 0 Å². The number of hydrogen-bond donors (Lipinski definition) is 1. The molecule has 1 aliphatic rings. The summed E-state index contributed by atoms with van der Waals surface area (Å²) < 4.78 is 0. The zero-order valence-electron chi connectivity index (χ0n) is 10.7. The molecule has 0 spiro atoms. The summed E-state index contributed by atoms with van der Waals surface area (Å²) in [6, 6.07) is 5.25. The van der Waals surface area contributed by atoms with E-state index in [9.17, 15) is 4.79 Å². The fourth-order valence-electron chi connectivity index (χ4n) is 2.42. The van der Waals surface area contributed by atoms with Crippen LogP contribution in [-0.4, -0.2) is 30.4 Å². The normalized spacial score (nSPS) is 16.7. The van der Waals surface area contributed by atoms with Gasteiger partial charge in [-0.1, -0.05) is 23.2 Å². The van der Waals surface area contributed by atoms with Crippen LogP contribution >= 0.6 is 23.2 Å². The number of likely N-dealkylation sites (tertiary alicyclic amines) is 1. The third-order valence-electron chi connectivity index (χ3n) is 3.58. The van der Waals surface area contributed by atoms with Crippen molar-refractivity contribution in [3.8, 4) is 0 Å². The van der Waals surface area contributed by atoms with Crippen LogP contribution in [0.25, 0.3) is 0 Å². The van der Waals surface area contributed by atoms with Gasteiger partial charge in [0.1, 0.15) is 0 Å². The summed E-state index contributed by atoms with van der Waals surface area (Å²) in [6.45, 7) is 2.32. The summed E-state index contributed by atoms with van der Waals surface area (Å²) >= 11 is 11.9. The predicted molar refractivity (Wildman–Crippen MR) is 78.5 cm³/mol. The lowest BCUT2D eigenvalue weighted by Gasteiger charge is -2.31. The molecule has 0 aliphatic carbocycles. The molecule has 0 bridgehead atoms. The Hall–Kier alpha value is -0.770. The van der Waals surface area contributed by atoms with Gasteiger partial charge in [-0.2, -0.15) is 0 Å². The van der Waals surface area contributed by atoms with Crippen molar-refractivity contribution in [2.45, 2.75) is 19.3 Å². The third kappa shape index (κ3) is 4.10. The summed E-state index contributed by atoms with van der Waals surface area (Å²) in [6.07, 6.45) is 2.35. The molecule has 19 heavy (non-hydrogen) atoms. The molecule has 0 saturated carbocycles. The number of carbonyl (C=O) groups is 1. The maximum atomic E-state index is 12.2. The number of carbonyl (C=O) groups excluding carboxylic acids is 1. The molecule has 1 aromatic rings. The summed E-state index contributed by atoms with van der Waals surface area (Å²) in [7, 11) is 0. The van der Waals surface area contributed by atoms with E-state index in [0.717, 1.165) is 31.5 Å². The molecule has 0 unspecified atom stereocenters. The topological polar surface area (TPSA) is 46.3 Å². The first-order chi connectivity index (χ1) is 9.08. The number of halogens is 2. The molecule has 1 aromatic carbocycles. The molecule has 1 fully saturated rings. The van der Waals surface area contributed by atoms with Gasteiger partial charge in [0, 0.05) is 23.1 Å². The van der Waals surface area contributed by atoms with Gasteiger partial charge in [-0.15, -0.1) is 0 Å². The minimum absolute atomic E-state index is 0.133. The Morgan fingerprint density at radius 1 is 1.21 bits per heavy atom. The highest BCUT2D eigenvalue weighted by Crippen LogP contribution is 2.21. The second kappa shape index (κ2) is 6.60. The van der Waals surface area contributed by atoms with Crippen molar-refractivity contribution in [2.75, 3.05) is 19.6 Å². The van der Waals surface area contributed by atoms with Crippen molar-refractivity contribution in [2.24, 2.45) is 11.7 Å². The van der Waals surface area contributed by atoms with E-state index < -0.39 is 0 Å². The molecule has 2 rings (SSSR count). The van der Waals surface area contributed by atoms with Crippen molar-refractivity contribution >= 4 is 29.1 Å². The molecule has 2 N–H and O–H groups in total. The zero-order valence-corrected chi connectivity index (χ0v) is 12.3. The maximum Gasteiger partial charge on any atom is 0.226 e. The van der Waals surface area contributed by atoms with Gasteiger partial charge >= 0.3 is 0 Å². The van der Waals surface area contributed by atoms with Gasteiger partial charge in [0.25, 0.3) is 0 Å². The molecule has 0 radical (unpaired) electrons. The molecular formula is C14H18Cl2N2O. The second-order valence-electron chi connectivity index (χ2n) is 5.01.